The molecule has 2 nitrogen and oxygen atoms in total. The Morgan fingerprint density at radius 1 is 1.29 bits per heavy atom. The highest BCUT2D eigenvalue weighted by molar-refractivity contribution is 5.98. The van der Waals surface area contributed by atoms with E-state index in [9.17, 15) is 31.9 Å². The highest BCUT2D eigenvalue weighted by Crippen LogP contribution is 2.37. The van der Waals surface area contributed by atoms with Gasteiger partial charge in [-0.3, -0.25) is 4.79 Å². The van der Waals surface area contributed by atoms with E-state index in [1.807, 2.05) is 0 Å². The molecule has 0 saturated heterocycles. The second-order valence-corrected chi connectivity index (χ2v) is 3.31. The number of hydrogen-bond donors (Lipinski definition) is 1. The number of ketones is 1. The third kappa shape index (κ3) is 2.72. The first kappa shape index (κ1) is 13.4. The van der Waals surface area contributed by atoms with Crippen molar-refractivity contribution in [3.63, 3.8) is 0 Å². The van der Waals surface area contributed by atoms with Gasteiger partial charge in [0.1, 0.15) is 5.75 Å². The van der Waals surface area contributed by atoms with Gasteiger partial charge in [-0.2, -0.15) is 13.2 Å². The van der Waals surface area contributed by atoms with Crippen molar-refractivity contribution < 1.29 is 31.9 Å². The number of hydrogen-bond acceptors (Lipinski definition) is 2. The predicted octanol–water partition coefficient (Wildman–Crippen LogP) is 3.55. The lowest BCUT2D eigenvalue weighted by Crippen LogP contribution is -2.09. The van der Waals surface area contributed by atoms with E-state index >= 15 is 0 Å². The third-order valence-electron chi connectivity index (χ3n) is 2.06. The molecule has 17 heavy (non-hydrogen) atoms. The number of aromatic hydroxyl groups is 1. The summed E-state index contributed by atoms with van der Waals surface area (Å²) in [5.41, 5.74) is -3.33. The zero-order valence-electron chi connectivity index (χ0n) is 8.48. The van der Waals surface area contributed by atoms with Crippen LogP contribution >= 0.6 is 0 Å². The minimum absolute atomic E-state index is 0.168. The molecule has 0 unspecified atom stereocenters. The number of rotatable bonds is 2. The molecule has 0 radical (unpaired) electrons. The Labute approximate surface area is 92.7 Å². The summed E-state index contributed by atoms with van der Waals surface area (Å²) in [5.74, 6) is -2.02. The maximum Gasteiger partial charge on any atom is 0.416 e. The van der Waals surface area contributed by atoms with E-state index in [4.69, 9.17) is 0 Å². The van der Waals surface area contributed by atoms with Gasteiger partial charge >= 0.3 is 6.18 Å². The van der Waals surface area contributed by atoms with E-state index in [0.29, 0.717) is 0 Å². The molecular formula is C10H7F5O2. The summed E-state index contributed by atoms with van der Waals surface area (Å²) in [6.45, 7) is 0.883. The summed E-state index contributed by atoms with van der Waals surface area (Å²) < 4.78 is 61.9. The molecule has 0 aliphatic rings. The maximum absolute atomic E-state index is 12.5. The maximum atomic E-state index is 12.5. The largest absolute Gasteiger partial charge is 0.507 e. The van der Waals surface area contributed by atoms with Crippen LogP contribution in [0, 0.1) is 0 Å². The van der Waals surface area contributed by atoms with Crippen LogP contribution in [-0.4, -0.2) is 10.9 Å². The molecule has 1 aromatic carbocycles. The second-order valence-electron chi connectivity index (χ2n) is 3.31. The molecule has 0 aliphatic heterocycles. The second kappa shape index (κ2) is 4.31. The highest BCUT2D eigenvalue weighted by atomic mass is 19.4. The summed E-state index contributed by atoms with van der Waals surface area (Å²) in [5, 5.41) is 9.20. The summed E-state index contributed by atoms with van der Waals surface area (Å²) in [6, 6.07) is 0.420. The zero-order valence-corrected chi connectivity index (χ0v) is 8.48. The zero-order chi connectivity index (χ0) is 13.4. The number of Topliss-reactive ketones (excluding diaryl/α,β-unsaturated/α-hetero) is 1. The van der Waals surface area contributed by atoms with Gasteiger partial charge in [0.05, 0.1) is 11.1 Å². The van der Waals surface area contributed by atoms with Crippen LogP contribution in [0.5, 0.6) is 5.75 Å². The molecule has 0 amide bonds. The predicted molar refractivity (Wildman–Crippen MR) is 48.1 cm³/mol. The number of benzene rings is 1. The van der Waals surface area contributed by atoms with Crippen molar-refractivity contribution in [1.29, 1.82) is 0 Å². The Balaban J connectivity index is 3.52. The van der Waals surface area contributed by atoms with Crippen LogP contribution in [0.15, 0.2) is 12.1 Å². The number of phenolic OH excluding ortho intramolecular Hbond substituents is 1. The molecule has 0 saturated carbocycles. The first-order valence-corrected chi connectivity index (χ1v) is 4.37. The Bertz CT molecular complexity index is 451. The Kier molecular flexibility index (Phi) is 3.40. The van der Waals surface area contributed by atoms with Gasteiger partial charge in [0, 0.05) is 5.56 Å². The van der Waals surface area contributed by atoms with Crippen LogP contribution in [0.25, 0.3) is 0 Å². The van der Waals surface area contributed by atoms with Crippen molar-refractivity contribution in [2.45, 2.75) is 19.5 Å². The van der Waals surface area contributed by atoms with Gasteiger partial charge in [-0.1, -0.05) is 0 Å². The molecule has 0 heterocycles. The van der Waals surface area contributed by atoms with Crippen LogP contribution in [0.4, 0.5) is 22.0 Å². The number of carbonyl (C=O) groups excluding carboxylic acids is 1. The molecule has 0 atom stereocenters. The Hall–Kier alpha value is -1.66. The van der Waals surface area contributed by atoms with Gasteiger partial charge in [0.25, 0.3) is 6.43 Å². The Morgan fingerprint density at radius 3 is 2.18 bits per heavy atom. The van der Waals surface area contributed by atoms with E-state index < -0.39 is 40.8 Å². The first-order chi connectivity index (χ1) is 7.64. The van der Waals surface area contributed by atoms with Gasteiger partial charge in [-0.05, 0) is 19.1 Å². The van der Waals surface area contributed by atoms with E-state index in [2.05, 4.69) is 0 Å². The van der Waals surface area contributed by atoms with Crippen molar-refractivity contribution in [1.82, 2.24) is 0 Å². The van der Waals surface area contributed by atoms with Crippen LogP contribution in [-0.2, 0) is 6.18 Å². The lowest BCUT2D eigenvalue weighted by molar-refractivity contribution is -0.137. The van der Waals surface area contributed by atoms with E-state index in [1.54, 1.807) is 0 Å². The molecule has 1 rings (SSSR count). The minimum Gasteiger partial charge on any atom is -0.507 e. The number of carbonyl (C=O) groups is 1. The van der Waals surface area contributed by atoms with E-state index in [1.165, 1.54) is 0 Å². The van der Waals surface area contributed by atoms with Crippen molar-refractivity contribution in [3.05, 3.63) is 28.8 Å². The lowest BCUT2D eigenvalue weighted by Gasteiger charge is -2.13. The van der Waals surface area contributed by atoms with Gasteiger partial charge in [0.2, 0.25) is 0 Å². The van der Waals surface area contributed by atoms with Gasteiger partial charge < -0.3 is 5.11 Å². The molecule has 94 valence electrons. The number of halogens is 5. The van der Waals surface area contributed by atoms with Crippen LogP contribution in [0.3, 0.4) is 0 Å². The molecule has 1 N–H and O–H groups in total. The molecule has 0 aromatic heterocycles. The summed E-state index contributed by atoms with van der Waals surface area (Å²) in [4.78, 5) is 11.0. The fourth-order valence-electron chi connectivity index (χ4n) is 1.37. The first-order valence-electron chi connectivity index (χ1n) is 4.37. The fourth-order valence-corrected chi connectivity index (χ4v) is 1.37. The minimum atomic E-state index is -4.86. The molecule has 0 spiro atoms. The summed E-state index contributed by atoms with van der Waals surface area (Å²) in [6.07, 6.45) is -8.14. The van der Waals surface area contributed by atoms with Crippen molar-refractivity contribution in [2.75, 3.05) is 0 Å². The average Bonchev–Trinajstić information content (AvgIpc) is 2.13. The summed E-state index contributed by atoms with van der Waals surface area (Å²) >= 11 is 0. The van der Waals surface area contributed by atoms with Crippen molar-refractivity contribution >= 4 is 5.78 Å². The molecule has 0 fully saturated rings. The van der Waals surface area contributed by atoms with Gasteiger partial charge in [0.15, 0.2) is 5.78 Å². The topological polar surface area (TPSA) is 37.3 Å². The Morgan fingerprint density at radius 2 is 1.82 bits per heavy atom. The van der Waals surface area contributed by atoms with Crippen LogP contribution in [0.2, 0.25) is 0 Å². The molecule has 0 aliphatic carbocycles. The molecule has 1 aromatic rings. The number of alkyl halides is 5. The normalized spacial score (nSPS) is 11.9. The third-order valence-corrected chi connectivity index (χ3v) is 2.06. The van der Waals surface area contributed by atoms with Crippen LogP contribution < -0.4 is 0 Å². The molecule has 0 bridgehead atoms. The SMILES string of the molecule is CC(=O)c1c(O)cc(C(F)(F)F)cc1C(F)F. The monoisotopic (exact) mass is 254 g/mol. The van der Waals surface area contributed by atoms with Gasteiger partial charge in [-0.15, -0.1) is 0 Å². The average molecular weight is 254 g/mol. The molecule has 7 heteroatoms. The summed E-state index contributed by atoms with van der Waals surface area (Å²) in [7, 11) is 0. The van der Waals surface area contributed by atoms with E-state index in [-0.39, 0.29) is 12.1 Å². The fraction of sp³-hybridized carbons (Fsp3) is 0.300. The standard InChI is InChI=1S/C10H7F5O2/c1-4(16)8-6(9(11)12)2-5(3-7(8)17)10(13,14)15/h2-3,9,17H,1H3. The lowest BCUT2D eigenvalue weighted by atomic mass is 10.00. The van der Waals surface area contributed by atoms with Gasteiger partial charge in [-0.25, -0.2) is 8.78 Å². The smallest absolute Gasteiger partial charge is 0.416 e. The quantitative estimate of drug-likeness (QED) is 0.647. The number of phenols is 1. The molecular weight excluding hydrogens is 247 g/mol. The van der Waals surface area contributed by atoms with Crippen LogP contribution in [0.1, 0.15) is 34.8 Å². The highest BCUT2D eigenvalue weighted by Gasteiger charge is 2.34. The van der Waals surface area contributed by atoms with Crippen molar-refractivity contribution in [3.8, 4) is 5.75 Å². The van der Waals surface area contributed by atoms with E-state index in [0.717, 1.165) is 6.92 Å². The van der Waals surface area contributed by atoms with Crippen molar-refractivity contribution in [2.24, 2.45) is 0 Å².